The van der Waals surface area contributed by atoms with Gasteiger partial charge in [0.1, 0.15) is 0 Å². The van der Waals surface area contributed by atoms with E-state index in [2.05, 4.69) is 10.3 Å². The maximum absolute atomic E-state index is 11.9. The Labute approximate surface area is 116 Å². The summed E-state index contributed by atoms with van der Waals surface area (Å²) in [7, 11) is 0. The minimum atomic E-state index is -0.790. The average Bonchev–Trinajstić information content (AvgIpc) is 3.11. The van der Waals surface area contributed by atoms with Crippen LogP contribution in [0.25, 0.3) is 0 Å². The van der Waals surface area contributed by atoms with Gasteiger partial charge >= 0.3 is 5.97 Å². The summed E-state index contributed by atoms with van der Waals surface area (Å²) in [5, 5.41) is 13.9. The fraction of sp³-hybridized carbons (Fsp3) is 0.615. The van der Waals surface area contributed by atoms with E-state index >= 15 is 0 Å². The van der Waals surface area contributed by atoms with E-state index in [-0.39, 0.29) is 18.2 Å². The normalized spacial score (nSPS) is 16.1. The van der Waals surface area contributed by atoms with Crippen LogP contribution in [0.5, 0.6) is 0 Å². The fourth-order valence-electron chi connectivity index (χ4n) is 1.93. The Morgan fingerprint density at radius 3 is 2.95 bits per heavy atom. The molecule has 1 unspecified atom stereocenters. The van der Waals surface area contributed by atoms with Gasteiger partial charge < -0.3 is 10.4 Å². The van der Waals surface area contributed by atoms with Gasteiger partial charge in [0, 0.05) is 17.7 Å². The quantitative estimate of drug-likeness (QED) is 0.805. The van der Waals surface area contributed by atoms with Crippen LogP contribution in [0.2, 0.25) is 0 Å². The number of anilines is 1. The highest BCUT2D eigenvalue weighted by molar-refractivity contribution is 7.13. The maximum atomic E-state index is 11.9. The number of carbonyl (C=O) groups is 2. The number of hydrogen-bond donors (Lipinski definition) is 2. The number of aliphatic carboxylic acids is 1. The van der Waals surface area contributed by atoms with Crippen molar-refractivity contribution in [3.05, 3.63) is 11.1 Å². The van der Waals surface area contributed by atoms with Crippen LogP contribution in [-0.2, 0) is 16.0 Å². The summed E-state index contributed by atoms with van der Waals surface area (Å²) in [5.41, 5.74) is 0.848. The standard InChI is InChI=1S/C13H18N2O3S/c1-8(9-5-6-9)12(18)15-13-14-10(7-19-13)3-2-4-11(16)17/h7-9H,2-6H2,1H3,(H,16,17)(H,14,15,18). The highest BCUT2D eigenvalue weighted by Gasteiger charge is 2.32. The van der Waals surface area contributed by atoms with Crippen LogP contribution >= 0.6 is 11.3 Å². The zero-order valence-corrected chi connectivity index (χ0v) is 11.7. The van der Waals surface area contributed by atoms with Crippen LogP contribution in [0.3, 0.4) is 0 Å². The van der Waals surface area contributed by atoms with Crippen molar-refractivity contribution in [3.63, 3.8) is 0 Å². The van der Waals surface area contributed by atoms with Gasteiger partial charge in [-0.25, -0.2) is 4.98 Å². The molecule has 0 saturated heterocycles. The number of aromatic nitrogens is 1. The monoisotopic (exact) mass is 282 g/mol. The summed E-state index contributed by atoms with van der Waals surface area (Å²) in [4.78, 5) is 26.6. The molecule has 2 N–H and O–H groups in total. The van der Waals surface area contributed by atoms with Gasteiger partial charge in [0.15, 0.2) is 5.13 Å². The highest BCUT2D eigenvalue weighted by atomic mass is 32.1. The molecule has 2 rings (SSSR count). The van der Waals surface area contributed by atoms with Crippen molar-refractivity contribution in [2.45, 2.75) is 39.0 Å². The molecule has 1 fully saturated rings. The van der Waals surface area contributed by atoms with Crippen molar-refractivity contribution in [3.8, 4) is 0 Å². The van der Waals surface area contributed by atoms with E-state index in [1.807, 2.05) is 12.3 Å². The number of hydrogen-bond acceptors (Lipinski definition) is 4. The van der Waals surface area contributed by atoms with Crippen LogP contribution in [0.1, 0.15) is 38.3 Å². The van der Waals surface area contributed by atoms with E-state index in [4.69, 9.17) is 5.11 Å². The van der Waals surface area contributed by atoms with Gasteiger partial charge in [-0.05, 0) is 31.6 Å². The van der Waals surface area contributed by atoms with Gasteiger partial charge in [-0.3, -0.25) is 9.59 Å². The molecule has 1 aromatic rings. The van der Waals surface area contributed by atoms with Crippen molar-refractivity contribution >= 4 is 28.3 Å². The van der Waals surface area contributed by atoms with E-state index in [1.165, 1.54) is 11.3 Å². The maximum Gasteiger partial charge on any atom is 0.303 e. The molecule has 1 aliphatic carbocycles. The topological polar surface area (TPSA) is 79.3 Å². The van der Waals surface area contributed by atoms with Gasteiger partial charge in [0.05, 0.1) is 5.69 Å². The van der Waals surface area contributed by atoms with E-state index in [1.54, 1.807) is 0 Å². The van der Waals surface area contributed by atoms with E-state index in [9.17, 15) is 9.59 Å². The molecule has 1 atom stereocenters. The first-order valence-electron chi connectivity index (χ1n) is 6.53. The summed E-state index contributed by atoms with van der Waals surface area (Å²) < 4.78 is 0. The van der Waals surface area contributed by atoms with Crippen LogP contribution < -0.4 is 5.32 Å². The molecule has 1 aliphatic rings. The third kappa shape index (κ3) is 4.31. The first-order valence-corrected chi connectivity index (χ1v) is 7.41. The summed E-state index contributed by atoms with van der Waals surface area (Å²) >= 11 is 1.40. The second-order valence-electron chi connectivity index (χ2n) is 5.01. The fourth-order valence-corrected chi connectivity index (χ4v) is 2.68. The van der Waals surface area contributed by atoms with Gasteiger partial charge in [-0.1, -0.05) is 6.92 Å². The molecule has 0 spiro atoms. The lowest BCUT2D eigenvalue weighted by molar-refractivity contribution is -0.137. The Morgan fingerprint density at radius 1 is 1.58 bits per heavy atom. The molecule has 1 saturated carbocycles. The third-order valence-corrected chi connectivity index (χ3v) is 4.15. The van der Waals surface area contributed by atoms with Crippen molar-refractivity contribution in [1.29, 1.82) is 0 Å². The minimum Gasteiger partial charge on any atom is -0.481 e. The number of carboxylic acids is 1. The molecule has 1 aromatic heterocycles. The zero-order valence-electron chi connectivity index (χ0n) is 10.9. The molecule has 0 aliphatic heterocycles. The SMILES string of the molecule is CC(C(=O)Nc1nc(CCCC(=O)O)cs1)C1CC1. The molecular weight excluding hydrogens is 264 g/mol. The Kier molecular flexibility index (Phi) is 4.52. The lowest BCUT2D eigenvalue weighted by atomic mass is 10.1. The van der Waals surface area contributed by atoms with Gasteiger partial charge in [0.2, 0.25) is 5.91 Å². The molecule has 0 aromatic carbocycles. The lowest BCUT2D eigenvalue weighted by Crippen LogP contribution is -2.21. The second kappa shape index (κ2) is 6.14. The number of thiazole rings is 1. The number of nitrogens with zero attached hydrogens (tertiary/aromatic N) is 1. The first kappa shape index (κ1) is 14.0. The third-order valence-electron chi connectivity index (χ3n) is 3.35. The lowest BCUT2D eigenvalue weighted by Gasteiger charge is -2.08. The molecule has 5 nitrogen and oxygen atoms in total. The summed E-state index contributed by atoms with van der Waals surface area (Å²) in [6.07, 6.45) is 3.65. The van der Waals surface area contributed by atoms with E-state index < -0.39 is 5.97 Å². The summed E-state index contributed by atoms with van der Waals surface area (Å²) in [6, 6.07) is 0. The number of nitrogens with one attached hydrogen (secondary N) is 1. The molecule has 0 radical (unpaired) electrons. The molecular formula is C13H18N2O3S. The van der Waals surface area contributed by atoms with Crippen LogP contribution in [0.15, 0.2) is 5.38 Å². The number of rotatable bonds is 7. The summed E-state index contributed by atoms with van der Waals surface area (Å²) in [6.45, 7) is 1.95. The number of amides is 1. The molecule has 104 valence electrons. The number of carboxylic acid groups (broad SMARTS) is 1. The zero-order chi connectivity index (χ0) is 13.8. The molecule has 1 heterocycles. The van der Waals surface area contributed by atoms with E-state index in [0.29, 0.717) is 23.9 Å². The molecule has 6 heteroatoms. The Morgan fingerprint density at radius 2 is 2.32 bits per heavy atom. The average molecular weight is 282 g/mol. The number of carbonyl (C=O) groups excluding carboxylic acids is 1. The van der Waals surface area contributed by atoms with Crippen LogP contribution in [-0.4, -0.2) is 22.0 Å². The molecule has 0 bridgehead atoms. The predicted molar refractivity (Wildman–Crippen MR) is 73.2 cm³/mol. The largest absolute Gasteiger partial charge is 0.481 e. The van der Waals surface area contributed by atoms with Crippen LogP contribution in [0.4, 0.5) is 5.13 Å². The molecule has 1 amide bonds. The van der Waals surface area contributed by atoms with Crippen molar-refractivity contribution in [1.82, 2.24) is 4.98 Å². The van der Waals surface area contributed by atoms with Crippen molar-refractivity contribution < 1.29 is 14.7 Å². The smallest absolute Gasteiger partial charge is 0.303 e. The Hall–Kier alpha value is -1.43. The van der Waals surface area contributed by atoms with Crippen LogP contribution in [0, 0.1) is 11.8 Å². The van der Waals surface area contributed by atoms with E-state index in [0.717, 1.165) is 18.5 Å². The Bertz CT molecular complexity index is 468. The highest BCUT2D eigenvalue weighted by Crippen LogP contribution is 2.37. The first-order chi connectivity index (χ1) is 9.06. The summed E-state index contributed by atoms with van der Waals surface area (Å²) in [5.74, 6) is -0.162. The minimum absolute atomic E-state index is 0.0361. The van der Waals surface area contributed by atoms with Gasteiger partial charge in [-0.15, -0.1) is 11.3 Å². The number of aryl methyl sites for hydroxylation is 1. The molecule has 19 heavy (non-hydrogen) atoms. The van der Waals surface area contributed by atoms with Gasteiger partial charge in [-0.2, -0.15) is 0 Å². The van der Waals surface area contributed by atoms with Gasteiger partial charge in [0.25, 0.3) is 0 Å². The van der Waals surface area contributed by atoms with Crippen molar-refractivity contribution in [2.75, 3.05) is 5.32 Å². The predicted octanol–water partition coefficient (Wildman–Crippen LogP) is 2.54. The Balaban J connectivity index is 1.79. The van der Waals surface area contributed by atoms with Crippen molar-refractivity contribution in [2.24, 2.45) is 11.8 Å². The second-order valence-corrected chi connectivity index (χ2v) is 5.86.